The van der Waals surface area contributed by atoms with Crippen molar-refractivity contribution in [2.24, 2.45) is 0 Å². The minimum absolute atomic E-state index is 0.0992. The van der Waals surface area contributed by atoms with Gasteiger partial charge < -0.3 is 10.4 Å². The normalized spacial score (nSPS) is 12.1. The molecule has 0 aliphatic carbocycles. The van der Waals surface area contributed by atoms with Crippen LogP contribution in [0.25, 0.3) is 0 Å². The number of carbonyl (C=O) groups is 1. The number of hydrogen-bond donors (Lipinski definition) is 2. The van der Waals surface area contributed by atoms with Gasteiger partial charge in [0.15, 0.2) is 0 Å². The molecule has 0 bridgehead atoms. The summed E-state index contributed by atoms with van der Waals surface area (Å²) in [6.07, 6.45) is 3.73. The molecular weight excluding hydrogens is 244 g/mol. The van der Waals surface area contributed by atoms with Crippen LogP contribution in [-0.4, -0.2) is 38.7 Å². The molecule has 1 aromatic heterocycles. The fourth-order valence-corrected chi connectivity index (χ4v) is 1.80. The van der Waals surface area contributed by atoms with Gasteiger partial charge in [-0.25, -0.2) is 4.68 Å². The van der Waals surface area contributed by atoms with E-state index in [1.807, 2.05) is 30.3 Å². The van der Waals surface area contributed by atoms with Crippen LogP contribution in [0, 0.1) is 0 Å². The fourth-order valence-electron chi connectivity index (χ4n) is 1.80. The number of aromatic nitrogens is 3. The van der Waals surface area contributed by atoms with Crippen molar-refractivity contribution in [2.75, 3.05) is 6.61 Å². The van der Waals surface area contributed by atoms with Crippen molar-refractivity contribution in [3.8, 4) is 0 Å². The van der Waals surface area contributed by atoms with E-state index in [0.717, 1.165) is 5.56 Å². The highest BCUT2D eigenvalue weighted by molar-refractivity contribution is 5.75. The first kappa shape index (κ1) is 13.2. The Labute approximate surface area is 111 Å². The molecule has 2 aromatic rings. The van der Waals surface area contributed by atoms with E-state index in [-0.39, 0.29) is 25.1 Å². The second-order valence-corrected chi connectivity index (χ2v) is 4.24. The van der Waals surface area contributed by atoms with Gasteiger partial charge in [-0.15, -0.1) is 5.10 Å². The van der Waals surface area contributed by atoms with E-state index in [9.17, 15) is 9.90 Å². The molecule has 0 saturated carbocycles. The van der Waals surface area contributed by atoms with E-state index in [4.69, 9.17) is 0 Å². The molecule has 1 amide bonds. The predicted molar refractivity (Wildman–Crippen MR) is 69.2 cm³/mol. The number of hydrogen-bond acceptors (Lipinski definition) is 4. The molecule has 6 heteroatoms. The average Bonchev–Trinajstić information content (AvgIpc) is 2.92. The molecule has 0 aliphatic heterocycles. The Balaban J connectivity index is 1.86. The lowest BCUT2D eigenvalue weighted by Gasteiger charge is -2.16. The Morgan fingerprint density at radius 1 is 1.37 bits per heavy atom. The van der Waals surface area contributed by atoms with Crippen molar-refractivity contribution in [1.29, 1.82) is 0 Å². The first-order chi connectivity index (χ1) is 9.28. The fraction of sp³-hybridized carbons (Fsp3) is 0.308. The first-order valence-corrected chi connectivity index (χ1v) is 6.06. The summed E-state index contributed by atoms with van der Waals surface area (Å²) >= 11 is 0. The Hall–Kier alpha value is -2.21. The molecule has 0 unspecified atom stereocenters. The lowest BCUT2D eigenvalue weighted by Crippen LogP contribution is -2.40. The molecule has 1 heterocycles. The van der Waals surface area contributed by atoms with E-state index < -0.39 is 0 Å². The zero-order valence-corrected chi connectivity index (χ0v) is 10.4. The van der Waals surface area contributed by atoms with Gasteiger partial charge in [0.25, 0.3) is 0 Å². The lowest BCUT2D eigenvalue weighted by atomic mass is 10.1. The maximum absolute atomic E-state index is 11.8. The van der Waals surface area contributed by atoms with E-state index in [1.54, 1.807) is 6.20 Å². The highest BCUT2D eigenvalue weighted by atomic mass is 16.3. The maximum atomic E-state index is 11.8. The number of benzene rings is 1. The summed E-state index contributed by atoms with van der Waals surface area (Å²) in [5, 5.41) is 19.4. The van der Waals surface area contributed by atoms with Gasteiger partial charge in [0.2, 0.25) is 5.91 Å². The number of nitrogens with one attached hydrogen (secondary N) is 1. The highest BCUT2D eigenvalue weighted by Gasteiger charge is 2.12. The minimum atomic E-state index is -0.293. The Morgan fingerprint density at radius 3 is 2.79 bits per heavy atom. The number of carbonyl (C=O) groups excluding carboxylic acids is 1. The quantitative estimate of drug-likeness (QED) is 0.766. The zero-order chi connectivity index (χ0) is 13.5. The van der Waals surface area contributed by atoms with Gasteiger partial charge in [0.1, 0.15) is 6.54 Å². The molecule has 0 spiro atoms. The topological polar surface area (TPSA) is 80.0 Å². The molecule has 2 rings (SSSR count). The SMILES string of the molecule is O=C(Cn1ccnn1)N[C@H](CO)Cc1ccccc1. The molecule has 0 aliphatic rings. The van der Waals surface area contributed by atoms with Gasteiger partial charge in [0.05, 0.1) is 18.8 Å². The van der Waals surface area contributed by atoms with Crippen LogP contribution in [0.3, 0.4) is 0 Å². The van der Waals surface area contributed by atoms with Crippen LogP contribution in [0.4, 0.5) is 0 Å². The third-order valence-electron chi connectivity index (χ3n) is 2.69. The van der Waals surface area contributed by atoms with Gasteiger partial charge >= 0.3 is 0 Å². The number of aliphatic hydroxyl groups excluding tert-OH is 1. The molecular formula is C13H16N4O2. The van der Waals surface area contributed by atoms with Crippen LogP contribution in [0.2, 0.25) is 0 Å². The van der Waals surface area contributed by atoms with Crippen LogP contribution < -0.4 is 5.32 Å². The average molecular weight is 260 g/mol. The number of amides is 1. The summed E-state index contributed by atoms with van der Waals surface area (Å²) < 4.78 is 1.44. The second-order valence-electron chi connectivity index (χ2n) is 4.24. The summed E-state index contributed by atoms with van der Waals surface area (Å²) in [6.45, 7) is 0.00326. The van der Waals surface area contributed by atoms with Crippen molar-refractivity contribution < 1.29 is 9.90 Å². The molecule has 2 N–H and O–H groups in total. The first-order valence-electron chi connectivity index (χ1n) is 6.06. The Bertz CT molecular complexity index is 499. The van der Waals surface area contributed by atoms with Crippen LogP contribution in [0.1, 0.15) is 5.56 Å². The van der Waals surface area contributed by atoms with Gasteiger partial charge in [-0.3, -0.25) is 4.79 Å². The maximum Gasteiger partial charge on any atom is 0.242 e. The van der Waals surface area contributed by atoms with E-state index in [2.05, 4.69) is 15.6 Å². The van der Waals surface area contributed by atoms with Gasteiger partial charge in [-0.05, 0) is 12.0 Å². The molecule has 6 nitrogen and oxygen atoms in total. The summed E-state index contributed by atoms with van der Waals surface area (Å²) in [4.78, 5) is 11.8. The second kappa shape index (κ2) is 6.65. The van der Waals surface area contributed by atoms with Crippen molar-refractivity contribution in [3.63, 3.8) is 0 Å². The van der Waals surface area contributed by atoms with Crippen LogP contribution in [-0.2, 0) is 17.8 Å². The van der Waals surface area contributed by atoms with E-state index >= 15 is 0 Å². The van der Waals surface area contributed by atoms with E-state index in [0.29, 0.717) is 6.42 Å². The lowest BCUT2D eigenvalue weighted by molar-refractivity contribution is -0.122. The Kier molecular flexibility index (Phi) is 4.63. The molecule has 0 saturated heterocycles. The number of nitrogens with zero attached hydrogens (tertiary/aromatic N) is 3. The largest absolute Gasteiger partial charge is 0.394 e. The van der Waals surface area contributed by atoms with Gasteiger partial charge in [-0.2, -0.15) is 0 Å². The van der Waals surface area contributed by atoms with Crippen LogP contribution >= 0.6 is 0 Å². The van der Waals surface area contributed by atoms with Crippen molar-refractivity contribution in [2.45, 2.75) is 19.0 Å². The Morgan fingerprint density at radius 2 is 2.16 bits per heavy atom. The van der Waals surface area contributed by atoms with Crippen molar-refractivity contribution in [1.82, 2.24) is 20.3 Å². The van der Waals surface area contributed by atoms with Gasteiger partial charge in [0, 0.05) is 6.20 Å². The minimum Gasteiger partial charge on any atom is -0.394 e. The van der Waals surface area contributed by atoms with Crippen molar-refractivity contribution >= 4 is 5.91 Å². The summed E-state index contributed by atoms with van der Waals surface area (Å²) in [7, 11) is 0. The summed E-state index contributed by atoms with van der Waals surface area (Å²) in [5.41, 5.74) is 1.07. The van der Waals surface area contributed by atoms with E-state index in [1.165, 1.54) is 10.9 Å². The molecule has 19 heavy (non-hydrogen) atoms. The molecule has 1 aromatic carbocycles. The standard InChI is InChI=1S/C13H16N4O2/c18-10-12(8-11-4-2-1-3-5-11)15-13(19)9-17-7-6-14-16-17/h1-7,12,18H,8-10H2,(H,15,19)/t12-/m0/s1. The summed E-state index contributed by atoms with van der Waals surface area (Å²) in [5.74, 6) is -0.194. The van der Waals surface area contributed by atoms with Crippen LogP contribution in [0.15, 0.2) is 42.7 Å². The van der Waals surface area contributed by atoms with Crippen molar-refractivity contribution in [3.05, 3.63) is 48.3 Å². The smallest absolute Gasteiger partial charge is 0.242 e. The van der Waals surface area contributed by atoms with Crippen LogP contribution in [0.5, 0.6) is 0 Å². The number of rotatable bonds is 6. The third-order valence-corrected chi connectivity index (χ3v) is 2.69. The number of aliphatic hydroxyl groups is 1. The molecule has 100 valence electrons. The highest BCUT2D eigenvalue weighted by Crippen LogP contribution is 2.02. The summed E-state index contributed by atoms with van der Waals surface area (Å²) in [6, 6.07) is 9.43. The monoisotopic (exact) mass is 260 g/mol. The molecule has 0 radical (unpaired) electrons. The molecule has 1 atom stereocenters. The van der Waals surface area contributed by atoms with Gasteiger partial charge in [-0.1, -0.05) is 35.5 Å². The predicted octanol–water partition coefficient (Wildman–Crippen LogP) is -0.00210. The zero-order valence-electron chi connectivity index (χ0n) is 10.4. The molecule has 0 fully saturated rings. The third kappa shape index (κ3) is 4.18.